The van der Waals surface area contributed by atoms with Crippen LogP contribution in [0.15, 0.2) is 60.7 Å². The standard InChI is InChI=1S/C18H16O/c1-14-7-5-10-17-13-16(11-6-12-19-18(14)17)15-8-3-2-4-9-15/h2-11,13H,12H2,1H3/b11-6-,16-13+. The van der Waals surface area contributed by atoms with E-state index in [1.165, 1.54) is 16.7 Å². The van der Waals surface area contributed by atoms with E-state index in [-0.39, 0.29) is 0 Å². The van der Waals surface area contributed by atoms with Gasteiger partial charge < -0.3 is 4.74 Å². The minimum absolute atomic E-state index is 0.613. The van der Waals surface area contributed by atoms with Gasteiger partial charge in [-0.1, -0.05) is 54.6 Å². The highest BCUT2D eigenvalue weighted by atomic mass is 16.5. The molecule has 3 rings (SSSR count). The van der Waals surface area contributed by atoms with Crippen molar-refractivity contribution in [2.45, 2.75) is 6.92 Å². The molecule has 0 saturated heterocycles. The molecule has 1 heteroatoms. The van der Waals surface area contributed by atoms with Gasteiger partial charge in [0.25, 0.3) is 0 Å². The molecule has 1 heterocycles. The fraction of sp³-hybridized carbons (Fsp3) is 0.111. The molecule has 0 aliphatic carbocycles. The van der Waals surface area contributed by atoms with Crippen molar-refractivity contribution in [1.82, 2.24) is 0 Å². The van der Waals surface area contributed by atoms with Gasteiger partial charge in [-0.15, -0.1) is 0 Å². The molecule has 19 heavy (non-hydrogen) atoms. The molecule has 0 unspecified atom stereocenters. The number of ether oxygens (including phenoxy) is 1. The highest BCUT2D eigenvalue weighted by Crippen LogP contribution is 2.29. The van der Waals surface area contributed by atoms with Gasteiger partial charge >= 0.3 is 0 Å². The molecule has 0 radical (unpaired) electrons. The average molecular weight is 248 g/mol. The molecule has 0 fully saturated rings. The summed E-state index contributed by atoms with van der Waals surface area (Å²) in [5.41, 5.74) is 4.77. The van der Waals surface area contributed by atoms with Crippen molar-refractivity contribution in [2.24, 2.45) is 0 Å². The summed E-state index contributed by atoms with van der Waals surface area (Å²) in [4.78, 5) is 0. The second-order valence-corrected chi connectivity index (χ2v) is 4.67. The molecule has 0 amide bonds. The lowest BCUT2D eigenvalue weighted by molar-refractivity contribution is 0.359. The average Bonchev–Trinajstić information content (AvgIpc) is 2.41. The van der Waals surface area contributed by atoms with Crippen molar-refractivity contribution in [3.8, 4) is 5.75 Å². The van der Waals surface area contributed by atoms with Crippen molar-refractivity contribution in [3.63, 3.8) is 0 Å². The molecule has 0 N–H and O–H groups in total. The first-order valence-electron chi connectivity index (χ1n) is 6.51. The van der Waals surface area contributed by atoms with E-state index in [2.05, 4.69) is 67.6 Å². The Morgan fingerprint density at radius 2 is 1.79 bits per heavy atom. The molecular formula is C18H16O. The van der Waals surface area contributed by atoms with Crippen LogP contribution in [-0.2, 0) is 0 Å². The van der Waals surface area contributed by atoms with E-state index in [4.69, 9.17) is 4.74 Å². The Morgan fingerprint density at radius 1 is 0.947 bits per heavy atom. The van der Waals surface area contributed by atoms with E-state index in [1.54, 1.807) is 0 Å². The number of allylic oxidation sites excluding steroid dienone is 2. The van der Waals surface area contributed by atoms with Gasteiger partial charge in [-0.2, -0.15) is 0 Å². The van der Waals surface area contributed by atoms with E-state index < -0.39 is 0 Å². The Balaban J connectivity index is 2.13. The first kappa shape index (κ1) is 11.8. The molecule has 2 aromatic carbocycles. The third kappa shape index (κ3) is 2.45. The first-order valence-corrected chi connectivity index (χ1v) is 6.51. The van der Waals surface area contributed by atoms with Crippen molar-refractivity contribution in [1.29, 1.82) is 0 Å². The summed E-state index contributed by atoms with van der Waals surface area (Å²) in [6.07, 6.45) is 6.38. The monoisotopic (exact) mass is 248 g/mol. The summed E-state index contributed by atoms with van der Waals surface area (Å²) >= 11 is 0. The van der Waals surface area contributed by atoms with E-state index in [0.29, 0.717) is 6.61 Å². The maximum Gasteiger partial charge on any atom is 0.129 e. The van der Waals surface area contributed by atoms with Gasteiger partial charge in [-0.05, 0) is 35.8 Å². The molecule has 1 aliphatic heterocycles. The van der Waals surface area contributed by atoms with Crippen LogP contribution in [0, 0.1) is 6.92 Å². The van der Waals surface area contributed by atoms with Crippen LogP contribution in [-0.4, -0.2) is 6.61 Å². The SMILES string of the molecule is Cc1cccc2c1OC/C=C\C(c1ccccc1)=C/2. The van der Waals surface area contributed by atoms with Gasteiger partial charge in [0.1, 0.15) is 12.4 Å². The maximum absolute atomic E-state index is 5.81. The molecule has 2 aromatic rings. The number of aryl methyl sites for hydroxylation is 1. The highest BCUT2D eigenvalue weighted by molar-refractivity contribution is 5.89. The fourth-order valence-electron chi connectivity index (χ4n) is 2.32. The molecule has 94 valence electrons. The van der Waals surface area contributed by atoms with Gasteiger partial charge in [0.05, 0.1) is 0 Å². The Kier molecular flexibility index (Phi) is 3.20. The molecule has 0 aromatic heterocycles. The van der Waals surface area contributed by atoms with Crippen molar-refractivity contribution < 1.29 is 4.74 Å². The normalized spacial score (nSPS) is 18.3. The zero-order chi connectivity index (χ0) is 13.1. The van der Waals surface area contributed by atoms with E-state index >= 15 is 0 Å². The van der Waals surface area contributed by atoms with Gasteiger partial charge in [-0.3, -0.25) is 0 Å². The second-order valence-electron chi connectivity index (χ2n) is 4.67. The van der Waals surface area contributed by atoms with E-state index in [1.807, 2.05) is 6.07 Å². The molecular weight excluding hydrogens is 232 g/mol. The topological polar surface area (TPSA) is 9.23 Å². The Labute approximate surface area is 113 Å². The quantitative estimate of drug-likeness (QED) is 0.722. The lowest BCUT2D eigenvalue weighted by Crippen LogP contribution is -2.00. The highest BCUT2D eigenvalue weighted by Gasteiger charge is 2.08. The predicted octanol–water partition coefficient (Wildman–Crippen LogP) is 4.48. The maximum atomic E-state index is 5.81. The summed E-state index contributed by atoms with van der Waals surface area (Å²) < 4.78 is 5.81. The van der Waals surface area contributed by atoms with Crippen molar-refractivity contribution >= 4 is 11.6 Å². The number of hydrogen-bond donors (Lipinski definition) is 0. The first-order chi connectivity index (χ1) is 9.34. The summed E-state index contributed by atoms with van der Waals surface area (Å²) in [6.45, 7) is 2.70. The number of rotatable bonds is 1. The number of benzene rings is 2. The number of hydrogen-bond acceptors (Lipinski definition) is 1. The van der Waals surface area contributed by atoms with Crippen LogP contribution < -0.4 is 4.74 Å². The Bertz CT molecular complexity index is 636. The van der Waals surface area contributed by atoms with Crippen LogP contribution in [0.25, 0.3) is 11.6 Å². The lowest BCUT2D eigenvalue weighted by Gasteiger charge is -2.14. The van der Waals surface area contributed by atoms with Gasteiger partial charge in [0, 0.05) is 5.56 Å². The largest absolute Gasteiger partial charge is 0.489 e. The number of para-hydroxylation sites is 1. The van der Waals surface area contributed by atoms with Crippen LogP contribution in [0.1, 0.15) is 16.7 Å². The number of fused-ring (bicyclic) bond motifs is 1. The minimum Gasteiger partial charge on any atom is -0.489 e. The van der Waals surface area contributed by atoms with Gasteiger partial charge in [0.2, 0.25) is 0 Å². The van der Waals surface area contributed by atoms with Crippen LogP contribution in [0.4, 0.5) is 0 Å². The van der Waals surface area contributed by atoms with Crippen LogP contribution in [0.3, 0.4) is 0 Å². The zero-order valence-electron chi connectivity index (χ0n) is 11.0. The van der Waals surface area contributed by atoms with Crippen LogP contribution >= 0.6 is 0 Å². The fourth-order valence-corrected chi connectivity index (χ4v) is 2.32. The molecule has 0 atom stereocenters. The second kappa shape index (κ2) is 5.15. The van der Waals surface area contributed by atoms with E-state index in [0.717, 1.165) is 11.3 Å². The van der Waals surface area contributed by atoms with E-state index in [9.17, 15) is 0 Å². The third-order valence-corrected chi connectivity index (χ3v) is 3.28. The summed E-state index contributed by atoms with van der Waals surface area (Å²) in [6, 6.07) is 16.7. The van der Waals surface area contributed by atoms with Crippen molar-refractivity contribution in [3.05, 3.63) is 77.4 Å². The smallest absolute Gasteiger partial charge is 0.129 e. The molecule has 1 aliphatic rings. The third-order valence-electron chi connectivity index (χ3n) is 3.28. The minimum atomic E-state index is 0.613. The summed E-state index contributed by atoms with van der Waals surface area (Å²) in [7, 11) is 0. The molecule has 0 saturated carbocycles. The lowest BCUT2D eigenvalue weighted by atomic mass is 10.00. The Morgan fingerprint density at radius 3 is 2.63 bits per heavy atom. The predicted molar refractivity (Wildman–Crippen MR) is 80.1 cm³/mol. The summed E-state index contributed by atoms with van der Waals surface area (Å²) in [5, 5.41) is 0. The molecule has 0 spiro atoms. The zero-order valence-corrected chi connectivity index (χ0v) is 11.0. The van der Waals surface area contributed by atoms with Crippen LogP contribution in [0.5, 0.6) is 5.75 Å². The van der Waals surface area contributed by atoms with Crippen molar-refractivity contribution in [2.75, 3.05) is 6.61 Å². The summed E-state index contributed by atoms with van der Waals surface area (Å²) in [5.74, 6) is 0.986. The van der Waals surface area contributed by atoms with Gasteiger partial charge in [-0.25, -0.2) is 0 Å². The van der Waals surface area contributed by atoms with Crippen LogP contribution in [0.2, 0.25) is 0 Å². The Hall–Kier alpha value is -2.28. The molecule has 0 bridgehead atoms. The van der Waals surface area contributed by atoms with Gasteiger partial charge in [0.15, 0.2) is 0 Å². The molecule has 1 nitrogen and oxygen atoms in total.